The normalized spacial score (nSPS) is 24.7. The number of rotatable bonds is 4. The molecule has 1 saturated carbocycles. The fraction of sp³-hybridized carbons (Fsp3) is 0.500. The fourth-order valence-corrected chi connectivity index (χ4v) is 1.76. The molecule has 0 aromatic heterocycles. The standard InChI is InChI=1S/C12H17NO/c1-9-6-11(9)7-13-12-5-3-2-4-10(12)8-14/h2-5,9,11,13-14H,6-8H2,1H3. The molecule has 0 radical (unpaired) electrons. The van der Waals surface area contributed by atoms with Crippen LogP contribution in [-0.2, 0) is 6.61 Å². The minimum Gasteiger partial charge on any atom is -0.392 e. The molecule has 0 bridgehead atoms. The Balaban J connectivity index is 1.94. The van der Waals surface area contributed by atoms with Crippen molar-refractivity contribution in [2.75, 3.05) is 11.9 Å². The van der Waals surface area contributed by atoms with Crippen molar-refractivity contribution >= 4 is 5.69 Å². The van der Waals surface area contributed by atoms with E-state index in [0.717, 1.165) is 29.6 Å². The monoisotopic (exact) mass is 191 g/mol. The highest BCUT2D eigenvalue weighted by molar-refractivity contribution is 5.50. The van der Waals surface area contributed by atoms with Gasteiger partial charge >= 0.3 is 0 Å². The third-order valence-electron chi connectivity index (χ3n) is 3.02. The summed E-state index contributed by atoms with van der Waals surface area (Å²) in [5, 5.41) is 12.5. The van der Waals surface area contributed by atoms with Gasteiger partial charge in [-0.1, -0.05) is 25.1 Å². The van der Waals surface area contributed by atoms with Crippen molar-refractivity contribution in [3.63, 3.8) is 0 Å². The number of hydrogen-bond donors (Lipinski definition) is 2. The van der Waals surface area contributed by atoms with Crippen LogP contribution in [0, 0.1) is 11.8 Å². The number of aliphatic hydroxyl groups is 1. The molecule has 1 aliphatic carbocycles. The Bertz CT molecular complexity index is 311. The molecule has 2 rings (SSSR count). The van der Waals surface area contributed by atoms with Crippen molar-refractivity contribution < 1.29 is 5.11 Å². The first-order valence-corrected chi connectivity index (χ1v) is 5.24. The zero-order valence-corrected chi connectivity index (χ0v) is 8.53. The smallest absolute Gasteiger partial charge is 0.0701 e. The molecule has 76 valence electrons. The van der Waals surface area contributed by atoms with Gasteiger partial charge in [0.05, 0.1) is 6.61 Å². The number of anilines is 1. The zero-order chi connectivity index (χ0) is 9.97. The van der Waals surface area contributed by atoms with E-state index in [1.54, 1.807) is 0 Å². The second-order valence-electron chi connectivity index (χ2n) is 4.17. The Morgan fingerprint density at radius 1 is 1.43 bits per heavy atom. The van der Waals surface area contributed by atoms with Gasteiger partial charge in [0.1, 0.15) is 0 Å². The molecule has 1 aromatic rings. The summed E-state index contributed by atoms with van der Waals surface area (Å²) in [7, 11) is 0. The molecule has 0 heterocycles. The Hall–Kier alpha value is -1.02. The van der Waals surface area contributed by atoms with Gasteiger partial charge in [-0.2, -0.15) is 0 Å². The molecule has 0 spiro atoms. The molecule has 2 unspecified atom stereocenters. The first-order valence-electron chi connectivity index (χ1n) is 5.24. The lowest BCUT2D eigenvalue weighted by Crippen LogP contribution is -2.06. The first-order chi connectivity index (χ1) is 6.81. The summed E-state index contributed by atoms with van der Waals surface area (Å²) in [6, 6.07) is 7.94. The van der Waals surface area contributed by atoms with Crippen LogP contribution in [0.2, 0.25) is 0 Å². The lowest BCUT2D eigenvalue weighted by molar-refractivity contribution is 0.282. The van der Waals surface area contributed by atoms with Gasteiger partial charge in [-0.15, -0.1) is 0 Å². The van der Waals surface area contributed by atoms with E-state index in [4.69, 9.17) is 5.11 Å². The largest absolute Gasteiger partial charge is 0.392 e. The van der Waals surface area contributed by atoms with Gasteiger partial charge in [0.25, 0.3) is 0 Å². The Kier molecular flexibility index (Phi) is 2.73. The molecule has 1 fully saturated rings. The average molecular weight is 191 g/mol. The summed E-state index contributed by atoms with van der Waals surface area (Å²) >= 11 is 0. The van der Waals surface area contributed by atoms with E-state index >= 15 is 0 Å². The van der Waals surface area contributed by atoms with Crippen molar-refractivity contribution in [2.45, 2.75) is 20.0 Å². The van der Waals surface area contributed by atoms with Gasteiger partial charge in [0.2, 0.25) is 0 Å². The Morgan fingerprint density at radius 3 is 2.79 bits per heavy atom. The van der Waals surface area contributed by atoms with E-state index in [1.165, 1.54) is 6.42 Å². The lowest BCUT2D eigenvalue weighted by atomic mass is 10.2. The molecule has 0 aliphatic heterocycles. The highest BCUT2D eigenvalue weighted by atomic mass is 16.3. The van der Waals surface area contributed by atoms with Crippen molar-refractivity contribution in [1.29, 1.82) is 0 Å². The average Bonchev–Trinajstić information content (AvgIpc) is 2.92. The number of hydrogen-bond acceptors (Lipinski definition) is 2. The summed E-state index contributed by atoms with van der Waals surface area (Å²) in [6.07, 6.45) is 1.34. The number of aliphatic hydroxyl groups excluding tert-OH is 1. The maximum atomic E-state index is 9.11. The van der Waals surface area contributed by atoms with E-state index in [2.05, 4.69) is 12.2 Å². The van der Waals surface area contributed by atoms with Crippen LogP contribution < -0.4 is 5.32 Å². The summed E-state index contributed by atoms with van der Waals surface area (Å²) in [5.41, 5.74) is 2.06. The highest BCUT2D eigenvalue weighted by Crippen LogP contribution is 2.37. The van der Waals surface area contributed by atoms with Gasteiger partial charge < -0.3 is 10.4 Å². The van der Waals surface area contributed by atoms with Crippen LogP contribution >= 0.6 is 0 Å². The molecule has 0 amide bonds. The van der Waals surface area contributed by atoms with Crippen LogP contribution in [0.1, 0.15) is 18.9 Å². The SMILES string of the molecule is CC1CC1CNc1ccccc1CO. The molecule has 2 N–H and O–H groups in total. The summed E-state index contributed by atoms with van der Waals surface area (Å²) in [4.78, 5) is 0. The minimum atomic E-state index is 0.114. The van der Waals surface area contributed by atoms with E-state index in [0.29, 0.717) is 0 Å². The lowest BCUT2D eigenvalue weighted by Gasteiger charge is -2.09. The van der Waals surface area contributed by atoms with Crippen molar-refractivity contribution in [1.82, 2.24) is 0 Å². The zero-order valence-electron chi connectivity index (χ0n) is 8.53. The molecule has 2 nitrogen and oxygen atoms in total. The summed E-state index contributed by atoms with van der Waals surface area (Å²) in [6.45, 7) is 3.44. The van der Waals surface area contributed by atoms with Gasteiger partial charge in [0.15, 0.2) is 0 Å². The van der Waals surface area contributed by atoms with E-state index in [1.807, 2.05) is 24.3 Å². The van der Waals surface area contributed by atoms with Crippen molar-refractivity contribution in [3.8, 4) is 0 Å². The predicted octanol–water partition coefficient (Wildman–Crippen LogP) is 2.25. The minimum absolute atomic E-state index is 0.114. The maximum absolute atomic E-state index is 9.11. The van der Waals surface area contributed by atoms with E-state index < -0.39 is 0 Å². The molecular formula is C12H17NO. The predicted molar refractivity (Wildman–Crippen MR) is 58.1 cm³/mol. The van der Waals surface area contributed by atoms with Gasteiger partial charge in [0, 0.05) is 17.8 Å². The van der Waals surface area contributed by atoms with Crippen LogP contribution in [0.4, 0.5) is 5.69 Å². The fourth-order valence-electron chi connectivity index (χ4n) is 1.76. The number of para-hydroxylation sites is 1. The van der Waals surface area contributed by atoms with Crippen LogP contribution in [0.5, 0.6) is 0 Å². The number of nitrogens with one attached hydrogen (secondary N) is 1. The van der Waals surface area contributed by atoms with Crippen LogP contribution in [0.3, 0.4) is 0 Å². The molecule has 2 atom stereocenters. The van der Waals surface area contributed by atoms with Gasteiger partial charge in [-0.25, -0.2) is 0 Å². The van der Waals surface area contributed by atoms with Crippen LogP contribution in [0.25, 0.3) is 0 Å². The second-order valence-corrected chi connectivity index (χ2v) is 4.17. The molecule has 1 aliphatic rings. The topological polar surface area (TPSA) is 32.3 Å². The molecule has 0 saturated heterocycles. The third kappa shape index (κ3) is 2.07. The van der Waals surface area contributed by atoms with Gasteiger partial charge in [-0.3, -0.25) is 0 Å². The molecule has 14 heavy (non-hydrogen) atoms. The summed E-state index contributed by atoms with van der Waals surface area (Å²) in [5.74, 6) is 1.71. The Labute approximate surface area is 85.0 Å². The first kappa shape index (κ1) is 9.53. The van der Waals surface area contributed by atoms with Crippen LogP contribution in [-0.4, -0.2) is 11.7 Å². The van der Waals surface area contributed by atoms with Gasteiger partial charge in [-0.05, 0) is 24.3 Å². The van der Waals surface area contributed by atoms with E-state index in [9.17, 15) is 0 Å². The molecule has 2 heteroatoms. The Morgan fingerprint density at radius 2 is 2.14 bits per heavy atom. The van der Waals surface area contributed by atoms with E-state index in [-0.39, 0.29) is 6.61 Å². The van der Waals surface area contributed by atoms with Crippen molar-refractivity contribution in [2.24, 2.45) is 11.8 Å². The summed E-state index contributed by atoms with van der Waals surface area (Å²) < 4.78 is 0. The molecular weight excluding hydrogens is 174 g/mol. The quantitative estimate of drug-likeness (QED) is 0.765. The molecule has 1 aromatic carbocycles. The third-order valence-corrected chi connectivity index (χ3v) is 3.02. The maximum Gasteiger partial charge on any atom is 0.0701 e. The second kappa shape index (κ2) is 4.01. The van der Waals surface area contributed by atoms with Crippen LogP contribution in [0.15, 0.2) is 24.3 Å². The number of benzene rings is 1. The highest BCUT2D eigenvalue weighted by Gasteiger charge is 2.31. The van der Waals surface area contributed by atoms with Crippen molar-refractivity contribution in [3.05, 3.63) is 29.8 Å².